The fourth-order valence-electron chi connectivity index (χ4n) is 1.72. The van der Waals surface area contributed by atoms with Gasteiger partial charge in [-0.05, 0) is 17.5 Å². The second-order valence-corrected chi connectivity index (χ2v) is 4.90. The number of rotatable bonds is 7. The predicted octanol–water partition coefficient (Wildman–Crippen LogP) is 1.64. The largest absolute Gasteiger partial charge is 0.351 e. The SMILES string of the molecule is CCC(C)CC(=O)Nc1ccccc1CNC(=O)CN. The first kappa shape index (κ1) is 16.2. The van der Waals surface area contributed by atoms with E-state index in [1.165, 1.54) is 0 Å². The Bertz CT molecular complexity index is 460. The summed E-state index contributed by atoms with van der Waals surface area (Å²) in [5.74, 6) is 0.141. The summed E-state index contributed by atoms with van der Waals surface area (Å²) in [5, 5.41) is 5.59. The Kier molecular flexibility index (Phi) is 6.73. The summed E-state index contributed by atoms with van der Waals surface area (Å²) in [6.07, 6.45) is 1.47. The summed E-state index contributed by atoms with van der Waals surface area (Å²) in [7, 11) is 0. The van der Waals surface area contributed by atoms with Crippen LogP contribution in [0.5, 0.6) is 0 Å². The van der Waals surface area contributed by atoms with Gasteiger partial charge in [0.1, 0.15) is 0 Å². The average Bonchev–Trinajstić information content (AvgIpc) is 2.45. The predicted molar refractivity (Wildman–Crippen MR) is 80.0 cm³/mol. The van der Waals surface area contributed by atoms with Crippen LogP contribution in [0.1, 0.15) is 32.3 Å². The molecule has 1 atom stereocenters. The molecule has 0 aliphatic carbocycles. The van der Waals surface area contributed by atoms with Crippen molar-refractivity contribution < 1.29 is 9.59 Å². The number of para-hydroxylation sites is 1. The molecule has 0 spiro atoms. The van der Waals surface area contributed by atoms with Crippen LogP contribution in [-0.4, -0.2) is 18.4 Å². The molecule has 0 saturated carbocycles. The quantitative estimate of drug-likeness (QED) is 0.708. The van der Waals surface area contributed by atoms with E-state index in [1.807, 2.05) is 31.2 Å². The first-order valence-electron chi connectivity index (χ1n) is 6.91. The summed E-state index contributed by atoms with van der Waals surface area (Å²) >= 11 is 0. The van der Waals surface area contributed by atoms with Gasteiger partial charge in [0.05, 0.1) is 6.54 Å². The van der Waals surface area contributed by atoms with Crippen LogP contribution in [0.25, 0.3) is 0 Å². The number of nitrogens with two attached hydrogens (primary N) is 1. The third-order valence-electron chi connectivity index (χ3n) is 3.18. The van der Waals surface area contributed by atoms with Crippen molar-refractivity contribution in [3.63, 3.8) is 0 Å². The minimum Gasteiger partial charge on any atom is -0.351 e. The van der Waals surface area contributed by atoms with Crippen LogP contribution in [-0.2, 0) is 16.1 Å². The van der Waals surface area contributed by atoms with Gasteiger partial charge >= 0.3 is 0 Å². The monoisotopic (exact) mass is 277 g/mol. The molecule has 4 N–H and O–H groups in total. The first-order chi connectivity index (χ1) is 9.56. The molecule has 0 radical (unpaired) electrons. The van der Waals surface area contributed by atoms with Gasteiger partial charge in [-0.15, -0.1) is 0 Å². The minimum atomic E-state index is -0.217. The van der Waals surface area contributed by atoms with E-state index in [1.54, 1.807) is 0 Å². The van der Waals surface area contributed by atoms with Crippen LogP contribution in [0.15, 0.2) is 24.3 Å². The van der Waals surface area contributed by atoms with Crippen molar-refractivity contribution in [2.75, 3.05) is 11.9 Å². The van der Waals surface area contributed by atoms with Gasteiger partial charge in [-0.1, -0.05) is 38.5 Å². The van der Waals surface area contributed by atoms with Crippen molar-refractivity contribution in [3.05, 3.63) is 29.8 Å². The van der Waals surface area contributed by atoms with Gasteiger partial charge < -0.3 is 16.4 Å². The fourth-order valence-corrected chi connectivity index (χ4v) is 1.72. The molecule has 0 bridgehead atoms. The number of hydrogen-bond donors (Lipinski definition) is 3. The van der Waals surface area contributed by atoms with Gasteiger partial charge in [0, 0.05) is 18.7 Å². The van der Waals surface area contributed by atoms with Gasteiger partial charge in [-0.3, -0.25) is 9.59 Å². The van der Waals surface area contributed by atoms with E-state index in [0.29, 0.717) is 18.9 Å². The third-order valence-corrected chi connectivity index (χ3v) is 3.18. The molecule has 0 aliphatic rings. The maximum Gasteiger partial charge on any atom is 0.234 e. The van der Waals surface area contributed by atoms with E-state index >= 15 is 0 Å². The van der Waals surface area contributed by atoms with Gasteiger partial charge in [0.15, 0.2) is 0 Å². The van der Waals surface area contributed by atoms with E-state index in [0.717, 1.165) is 17.7 Å². The minimum absolute atomic E-state index is 0.00282. The molecule has 0 aliphatic heterocycles. The normalized spacial score (nSPS) is 11.8. The zero-order chi connectivity index (χ0) is 15.0. The maximum atomic E-state index is 11.9. The van der Waals surface area contributed by atoms with Crippen LogP contribution in [0, 0.1) is 5.92 Å². The molecule has 0 saturated heterocycles. The van der Waals surface area contributed by atoms with E-state index in [4.69, 9.17) is 5.73 Å². The van der Waals surface area contributed by atoms with Crippen molar-refractivity contribution in [1.29, 1.82) is 0 Å². The highest BCUT2D eigenvalue weighted by atomic mass is 16.2. The average molecular weight is 277 g/mol. The van der Waals surface area contributed by atoms with Gasteiger partial charge in [0.25, 0.3) is 0 Å². The molecule has 20 heavy (non-hydrogen) atoms. The highest BCUT2D eigenvalue weighted by molar-refractivity contribution is 5.91. The van der Waals surface area contributed by atoms with Crippen molar-refractivity contribution in [2.45, 2.75) is 33.2 Å². The fraction of sp³-hybridized carbons (Fsp3) is 0.467. The topological polar surface area (TPSA) is 84.2 Å². The maximum absolute atomic E-state index is 11.9. The Morgan fingerprint density at radius 1 is 1.25 bits per heavy atom. The van der Waals surface area contributed by atoms with Crippen molar-refractivity contribution in [2.24, 2.45) is 11.7 Å². The summed E-state index contributed by atoms with van der Waals surface area (Å²) in [4.78, 5) is 23.1. The molecular weight excluding hydrogens is 254 g/mol. The zero-order valence-corrected chi connectivity index (χ0v) is 12.1. The standard InChI is InChI=1S/C15H23N3O2/c1-3-11(2)8-14(19)18-13-7-5-4-6-12(13)10-17-15(20)9-16/h4-7,11H,3,8-10,16H2,1-2H3,(H,17,20)(H,18,19). The van der Waals surface area contributed by atoms with Crippen molar-refractivity contribution >= 4 is 17.5 Å². The number of carbonyl (C=O) groups is 2. The van der Waals surface area contributed by atoms with Gasteiger partial charge in [-0.25, -0.2) is 0 Å². The van der Waals surface area contributed by atoms with Gasteiger partial charge in [0.2, 0.25) is 11.8 Å². The smallest absolute Gasteiger partial charge is 0.234 e. The summed E-state index contributed by atoms with van der Waals surface area (Å²) in [6.45, 7) is 4.43. The van der Waals surface area contributed by atoms with E-state index in [-0.39, 0.29) is 18.4 Å². The molecule has 1 unspecified atom stereocenters. The molecular formula is C15H23N3O2. The Morgan fingerprint density at radius 2 is 1.95 bits per heavy atom. The Labute approximate surface area is 119 Å². The number of benzene rings is 1. The molecule has 1 aromatic rings. The number of amides is 2. The molecule has 2 amide bonds. The number of hydrogen-bond acceptors (Lipinski definition) is 3. The molecule has 1 rings (SSSR count). The lowest BCUT2D eigenvalue weighted by Crippen LogP contribution is -2.30. The molecule has 0 aromatic heterocycles. The lowest BCUT2D eigenvalue weighted by atomic mass is 10.0. The molecule has 5 nitrogen and oxygen atoms in total. The summed E-state index contributed by atoms with van der Waals surface area (Å²) < 4.78 is 0. The van der Waals surface area contributed by atoms with Gasteiger partial charge in [-0.2, -0.15) is 0 Å². The molecule has 5 heteroatoms. The van der Waals surface area contributed by atoms with Crippen molar-refractivity contribution in [1.82, 2.24) is 5.32 Å². The summed E-state index contributed by atoms with van der Waals surface area (Å²) in [6, 6.07) is 7.43. The Morgan fingerprint density at radius 3 is 2.60 bits per heavy atom. The molecule has 0 fully saturated rings. The summed E-state index contributed by atoms with van der Waals surface area (Å²) in [5.41, 5.74) is 6.85. The van der Waals surface area contributed by atoms with E-state index in [9.17, 15) is 9.59 Å². The lowest BCUT2D eigenvalue weighted by molar-refractivity contribution is -0.120. The highest BCUT2D eigenvalue weighted by Gasteiger charge is 2.10. The first-order valence-corrected chi connectivity index (χ1v) is 6.91. The Balaban J connectivity index is 2.65. The van der Waals surface area contributed by atoms with E-state index in [2.05, 4.69) is 17.6 Å². The van der Waals surface area contributed by atoms with E-state index < -0.39 is 0 Å². The van der Waals surface area contributed by atoms with Crippen LogP contribution in [0.2, 0.25) is 0 Å². The number of anilines is 1. The number of carbonyl (C=O) groups excluding carboxylic acids is 2. The second kappa shape index (κ2) is 8.32. The number of nitrogens with one attached hydrogen (secondary N) is 2. The molecule has 110 valence electrons. The lowest BCUT2D eigenvalue weighted by Gasteiger charge is -2.13. The molecule has 1 aromatic carbocycles. The van der Waals surface area contributed by atoms with Crippen LogP contribution < -0.4 is 16.4 Å². The Hall–Kier alpha value is -1.88. The van der Waals surface area contributed by atoms with Crippen LogP contribution >= 0.6 is 0 Å². The zero-order valence-electron chi connectivity index (χ0n) is 12.1. The third kappa shape index (κ3) is 5.40. The highest BCUT2D eigenvalue weighted by Crippen LogP contribution is 2.16. The molecule has 0 heterocycles. The van der Waals surface area contributed by atoms with Crippen molar-refractivity contribution in [3.8, 4) is 0 Å². The van der Waals surface area contributed by atoms with Crippen LogP contribution in [0.3, 0.4) is 0 Å². The second-order valence-electron chi connectivity index (χ2n) is 4.90. The van der Waals surface area contributed by atoms with Crippen LogP contribution in [0.4, 0.5) is 5.69 Å².